The number of aryl methyl sites for hydroxylation is 6. The van der Waals surface area contributed by atoms with Crippen LogP contribution < -0.4 is 28.6 Å². The standard InChI is InChI=1S/C55H51NO7/c1-35-9-19-45(20-10-35)56(46-21-11-36(2)12-22-46)47-23-13-42(14-24-47)33-50(43-15-25-48(59-8)26-16-43)44-17-27-49(28-18-44)62-55(58)34-60-51-29-38(4)53(30-37(51)3)63-54-32-39(5)52(31-40(54)6)61-41(7)57/h9-33H,34H2,1-8H3/b50-33+. The van der Waals surface area contributed by atoms with Gasteiger partial charge in [0.15, 0.2) is 6.61 Å². The number of methoxy groups -OCH3 is 1. The second kappa shape index (κ2) is 19.4. The Labute approximate surface area is 369 Å². The van der Waals surface area contributed by atoms with Gasteiger partial charge in [-0.1, -0.05) is 71.8 Å². The smallest absolute Gasteiger partial charge is 0.349 e. The SMILES string of the molecule is COc1ccc(/C(=C\c2ccc(N(c3ccc(C)cc3)c3ccc(C)cc3)cc2)c2ccc(OC(=O)COc3cc(C)c(Oc4cc(C)c(OC(C)=O)cc4C)cc3C)cc2)cc1. The summed E-state index contributed by atoms with van der Waals surface area (Å²) in [5, 5.41) is 0. The zero-order valence-corrected chi connectivity index (χ0v) is 36.9. The van der Waals surface area contributed by atoms with E-state index < -0.39 is 5.97 Å². The van der Waals surface area contributed by atoms with Crippen molar-refractivity contribution in [2.45, 2.75) is 48.5 Å². The molecule has 7 aromatic rings. The number of benzene rings is 7. The van der Waals surface area contributed by atoms with Crippen molar-refractivity contribution in [1.29, 1.82) is 0 Å². The number of rotatable bonds is 14. The molecule has 63 heavy (non-hydrogen) atoms. The molecule has 8 nitrogen and oxygen atoms in total. The van der Waals surface area contributed by atoms with Crippen LogP contribution in [0.3, 0.4) is 0 Å². The maximum atomic E-state index is 13.1. The van der Waals surface area contributed by atoms with Gasteiger partial charge < -0.3 is 28.6 Å². The minimum Gasteiger partial charge on any atom is -0.497 e. The maximum absolute atomic E-state index is 13.1. The van der Waals surface area contributed by atoms with Gasteiger partial charge in [-0.25, -0.2) is 4.79 Å². The molecule has 0 atom stereocenters. The minimum atomic E-state index is -0.532. The van der Waals surface area contributed by atoms with Crippen LogP contribution in [0.25, 0.3) is 11.6 Å². The monoisotopic (exact) mass is 837 g/mol. The molecule has 0 N–H and O–H groups in total. The highest BCUT2D eigenvalue weighted by Gasteiger charge is 2.16. The van der Waals surface area contributed by atoms with Gasteiger partial charge in [-0.05, 0) is 177 Å². The first kappa shape index (κ1) is 43.5. The fourth-order valence-electron chi connectivity index (χ4n) is 7.11. The summed E-state index contributed by atoms with van der Waals surface area (Å²) in [6, 6.07) is 48.5. The first-order chi connectivity index (χ1) is 30.3. The number of nitrogens with zero attached hydrogens (tertiary/aromatic N) is 1. The van der Waals surface area contributed by atoms with Crippen LogP contribution in [0.1, 0.15) is 57.0 Å². The Balaban J connectivity index is 1.06. The number of ether oxygens (including phenoxy) is 5. The topological polar surface area (TPSA) is 83.5 Å². The first-order valence-corrected chi connectivity index (χ1v) is 20.8. The van der Waals surface area contributed by atoms with Gasteiger partial charge in [0, 0.05) is 24.0 Å². The molecule has 0 fully saturated rings. The lowest BCUT2D eigenvalue weighted by molar-refractivity contribution is -0.136. The number of carbonyl (C=O) groups excluding carboxylic acids is 2. The molecule has 0 aromatic heterocycles. The Morgan fingerprint density at radius 1 is 0.508 bits per heavy atom. The Kier molecular flexibility index (Phi) is 13.4. The van der Waals surface area contributed by atoms with Crippen molar-refractivity contribution in [3.63, 3.8) is 0 Å². The van der Waals surface area contributed by atoms with E-state index in [2.05, 4.69) is 97.6 Å². The van der Waals surface area contributed by atoms with Crippen molar-refractivity contribution in [2.24, 2.45) is 0 Å². The van der Waals surface area contributed by atoms with Gasteiger partial charge in [-0.15, -0.1) is 0 Å². The largest absolute Gasteiger partial charge is 0.497 e. The molecule has 0 aliphatic rings. The van der Waals surface area contributed by atoms with Crippen molar-refractivity contribution in [3.05, 3.63) is 196 Å². The summed E-state index contributed by atoms with van der Waals surface area (Å²) in [5.74, 6) is 2.60. The third-order valence-corrected chi connectivity index (χ3v) is 10.6. The van der Waals surface area contributed by atoms with Crippen LogP contribution in [-0.4, -0.2) is 25.7 Å². The Morgan fingerprint density at radius 3 is 1.43 bits per heavy atom. The van der Waals surface area contributed by atoms with E-state index in [0.717, 1.165) is 67.3 Å². The Bertz CT molecular complexity index is 2710. The predicted octanol–water partition coefficient (Wildman–Crippen LogP) is 13.3. The van der Waals surface area contributed by atoms with Crippen LogP contribution in [0.4, 0.5) is 17.1 Å². The van der Waals surface area contributed by atoms with E-state index in [9.17, 15) is 9.59 Å². The first-order valence-electron chi connectivity index (χ1n) is 20.8. The maximum Gasteiger partial charge on any atom is 0.349 e. The third kappa shape index (κ3) is 10.8. The molecule has 7 rings (SSSR count). The molecular weight excluding hydrogens is 787 g/mol. The van der Waals surface area contributed by atoms with Crippen LogP contribution in [0.5, 0.6) is 34.5 Å². The van der Waals surface area contributed by atoms with E-state index >= 15 is 0 Å². The lowest BCUT2D eigenvalue weighted by atomic mass is 9.95. The Hall–Kier alpha value is -7.58. The lowest BCUT2D eigenvalue weighted by Gasteiger charge is -2.26. The summed E-state index contributed by atoms with van der Waals surface area (Å²) in [4.78, 5) is 26.8. The molecule has 0 unspecified atom stereocenters. The highest BCUT2D eigenvalue weighted by molar-refractivity contribution is 5.92. The van der Waals surface area contributed by atoms with E-state index in [4.69, 9.17) is 23.7 Å². The van der Waals surface area contributed by atoms with E-state index in [1.54, 1.807) is 25.3 Å². The molecule has 0 aliphatic carbocycles. The number of hydrogen-bond acceptors (Lipinski definition) is 8. The second-order valence-corrected chi connectivity index (χ2v) is 15.6. The summed E-state index contributed by atoms with van der Waals surface area (Å²) >= 11 is 0. The molecule has 8 heteroatoms. The predicted molar refractivity (Wildman–Crippen MR) is 251 cm³/mol. The van der Waals surface area contributed by atoms with Gasteiger partial charge >= 0.3 is 11.9 Å². The summed E-state index contributed by atoms with van der Waals surface area (Å²) in [6.07, 6.45) is 2.16. The number of hydrogen-bond donors (Lipinski definition) is 0. The van der Waals surface area contributed by atoms with Crippen molar-refractivity contribution >= 4 is 40.6 Å². The molecule has 0 spiro atoms. The van der Waals surface area contributed by atoms with Crippen molar-refractivity contribution in [1.82, 2.24) is 0 Å². The molecule has 0 heterocycles. The van der Waals surface area contributed by atoms with Gasteiger partial charge in [0.25, 0.3) is 0 Å². The van der Waals surface area contributed by atoms with Gasteiger partial charge in [-0.2, -0.15) is 0 Å². The van der Waals surface area contributed by atoms with Crippen LogP contribution >= 0.6 is 0 Å². The number of anilines is 3. The summed E-state index contributed by atoms with van der Waals surface area (Å²) in [5.41, 5.74) is 12.8. The van der Waals surface area contributed by atoms with E-state index in [1.807, 2.05) is 82.3 Å². The van der Waals surface area contributed by atoms with Gasteiger partial charge in [0.05, 0.1) is 7.11 Å². The second-order valence-electron chi connectivity index (χ2n) is 15.6. The van der Waals surface area contributed by atoms with Crippen molar-refractivity contribution in [3.8, 4) is 34.5 Å². The summed E-state index contributed by atoms with van der Waals surface area (Å²) in [7, 11) is 1.65. The van der Waals surface area contributed by atoms with E-state index in [0.29, 0.717) is 28.7 Å². The average molecular weight is 838 g/mol. The molecule has 0 amide bonds. The third-order valence-electron chi connectivity index (χ3n) is 10.6. The molecule has 0 radical (unpaired) electrons. The van der Waals surface area contributed by atoms with E-state index in [1.165, 1.54) is 18.1 Å². The van der Waals surface area contributed by atoms with Gasteiger partial charge in [-0.3, -0.25) is 4.79 Å². The highest BCUT2D eigenvalue weighted by Crippen LogP contribution is 2.38. The van der Waals surface area contributed by atoms with Crippen LogP contribution in [0, 0.1) is 41.5 Å². The molecule has 0 aliphatic heterocycles. The minimum absolute atomic E-state index is 0.281. The van der Waals surface area contributed by atoms with Gasteiger partial charge in [0.2, 0.25) is 0 Å². The van der Waals surface area contributed by atoms with E-state index in [-0.39, 0.29) is 12.6 Å². The zero-order valence-electron chi connectivity index (χ0n) is 36.9. The zero-order chi connectivity index (χ0) is 44.6. The number of esters is 2. The molecule has 0 saturated heterocycles. The normalized spacial score (nSPS) is 11.1. The summed E-state index contributed by atoms with van der Waals surface area (Å²) < 4.78 is 28.7. The molecule has 0 bridgehead atoms. The summed E-state index contributed by atoms with van der Waals surface area (Å²) in [6.45, 7) is 12.8. The average Bonchev–Trinajstić information content (AvgIpc) is 3.27. The number of carbonyl (C=O) groups is 2. The Morgan fingerprint density at radius 2 is 0.937 bits per heavy atom. The lowest BCUT2D eigenvalue weighted by Crippen LogP contribution is -2.18. The highest BCUT2D eigenvalue weighted by atomic mass is 16.6. The van der Waals surface area contributed by atoms with Crippen molar-refractivity contribution < 1.29 is 33.3 Å². The van der Waals surface area contributed by atoms with Gasteiger partial charge in [0.1, 0.15) is 34.5 Å². The van der Waals surface area contributed by atoms with Crippen LogP contribution in [0.2, 0.25) is 0 Å². The molecule has 7 aromatic carbocycles. The quantitative estimate of drug-likeness (QED) is 0.0608. The molecular formula is C55H51NO7. The fraction of sp³-hybridized carbons (Fsp3) is 0.164. The molecule has 318 valence electrons. The van der Waals surface area contributed by atoms with Crippen molar-refractivity contribution in [2.75, 3.05) is 18.6 Å². The fourth-order valence-corrected chi connectivity index (χ4v) is 7.11. The van der Waals surface area contributed by atoms with Crippen LogP contribution in [-0.2, 0) is 9.59 Å². The molecule has 0 saturated carbocycles. The van der Waals surface area contributed by atoms with Crippen LogP contribution in [0.15, 0.2) is 146 Å².